The molecular formula is C15H17ClN2O2. The molecule has 0 unspecified atom stereocenters. The monoisotopic (exact) mass is 292 g/mol. The van der Waals surface area contributed by atoms with Gasteiger partial charge in [-0.2, -0.15) is 0 Å². The first-order chi connectivity index (χ1) is 9.75. The summed E-state index contributed by atoms with van der Waals surface area (Å²) < 4.78 is 5.32. The van der Waals surface area contributed by atoms with E-state index in [4.69, 9.17) is 16.3 Å². The molecule has 0 spiro atoms. The van der Waals surface area contributed by atoms with E-state index in [1.807, 2.05) is 24.3 Å². The van der Waals surface area contributed by atoms with E-state index in [0.717, 1.165) is 37.0 Å². The lowest BCUT2D eigenvalue weighted by Gasteiger charge is -2.08. The first kappa shape index (κ1) is 13.5. The average Bonchev–Trinajstić information content (AvgIpc) is 3.08. The Morgan fingerprint density at radius 1 is 1.45 bits per heavy atom. The van der Waals surface area contributed by atoms with Crippen LogP contribution in [0.5, 0.6) is 0 Å². The largest absolute Gasteiger partial charge is 0.381 e. The van der Waals surface area contributed by atoms with Crippen LogP contribution in [0.15, 0.2) is 24.3 Å². The van der Waals surface area contributed by atoms with Crippen molar-refractivity contribution in [2.45, 2.75) is 12.8 Å². The van der Waals surface area contributed by atoms with Gasteiger partial charge in [0.05, 0.1) is 5.02 Å². The van der Waals surface area contributed by atoms with E-state index in [1.165, 1.54) is 0 Å². The van der Waals surface area contributed by atoms with Gasteiger partial charge in [0.25, 0.3) is 5.91 Å². The molecule has 2 aromatic rings. The molecular weight excluding hydrogens is 276 g/mol. The van der Waals surface area contributed by atoms with Crippen molar-refractivity contribution >= 4 is 28.4 Å². The van der Waals surface area contributed by atoms with E-state index in [-0.39, 0.29) is 5.91 Å². The molecule has 1 saturated heterocycles. The standard InChI is InChI=1S/C15H17ClN2O2/c16-13-11-3-1-2-4-12(11)18-14(13)15(19)17-7-5-10-6-8-20-9-10/h1-4,10,18H,5-9H2,(H,17,19)/t10-/m0/s1. The van der Waals surface area contributed by atoms with Crippen LogP contribution < -0.4 is 5.32 Å². The number of ether oxygens (including phenoxy) is 1. The number of carbonyl (C=O) groups is 1. The molecule has 1 aliphatic rings. The van der Waals surface area contributed by atoms with E-state index in [9.17, 15) is 4.79 Å². The van der Waals surface area contributed by atoms with E-state index >= 15 is 0 Å². The molecule has 4 nitrogen and oxygen atoms in total. The Morgan fingerprint density at radius 3 is 3.05 bits per heavy atom. The zero-order valence-electron chi connectivity index (χ0n) is 11.1. The number of hydrogen-bond acceptors (Lipinski definition) is 2. The first-order valence-corrected chi connectivity index (χ1v) is 7.25. The molecule has 3 rings (SSSR count). The van der Waals surface area contributed by atoms with E-state index < -0.39 is 0 Å². The van der Waals surface area contributed by atoms with E-state index in [2.05, 4.69) is 10.3 Å². The van der Waals surface area contributed by atoms with Crippen molar-refractivity contribution in [3.05, 3.63) is 35.0 Å². The number of H-pyrrole nitrogens is 1. The number of benzene rings is 1. The highest BCUT2D eigenvalue weighted by molar-refractivity contribution is 6.38. The van der Waals surface area contributed by atoms with Crippen molar-refractivity contribution in [3.8, 4) is 0 Å². The van der Waals surface area contributed by atoms with Gasteiger partial charge in [-0.3, -0.25) is 4.79 Å². The van der Waals surface area contributed by atoms with Gasteiger partial charge in [-0.05, 0) is 24.8 Å². The Morgan fingerprint density at radius 2 is 2.30 bits per heavy atom. The minimum absolute atomic E-state index is 0.148. The van der Waals surface area contributed by atoms with Crippen molar-refractivity contribution in [2.24, 2.45) is 5.92 Å². The van der Waals surface area contributed by atoms with Crippen LogP contribution in [-0.4, -0.2) is 30.6 Å². The Balaban J connectivity index is 1.64. The van der Waals surface area contributed by atoms with Crippen molar-refractivity contribution in [2.75, 3.05) is 19.8 Å². The zero-order valence-corrected chi connectivity index (χ0v) is 11.9. The molecule has 1 aromatic heterocycles. The lowest BCUT2D eigenvalue weighted by molar-refractivity contribution is 0.0946. The molecule has 2 heterocycles. The topological polar surface area (TPSA) is 54.1 Å². The van der Waals surface area contributed by atoms with Crippen LogP contribution in [0.2, 0.25) is 5.02 Å². The van der Waals surface area contributed by atoms with Crippen molar-refractivity contribution in [3.63, 3.8) is 0 Å². The van der Waals surface area contributed by atoms with Crippen molar-refractivity contribution < 1.29 is 9.53 Å². The van der Waals surface area contributed by atoms with Gasteiger partial charge < -0.3 is 15.0 Å². The number of para-hydroxylation sites is 1. The molecule has 1 aromatic carbocycles. The predicted molar refractivity (Wildman–Crippen MR) is 79.2 cm³/mol. The van der Waals surface area contributed by atoms with Crippen LogP contribution in [-0.2, 0) is 4.74 Å². The molecule has 1 atom stereocenters. The number of carbonyl (C=O) groups excluding carboxylic acids is 1. The Labute approximate surface area is 122 Å². The molecule has 1 aliphatic heterocycles. The third-order valence-electron chi connectivity index (χ3n) is 3.73. The van der Waals surface area contributed by atoms with Crippen LogP contribution >= 0.6 is 11.6 Å². The number of halogens is 1. The molecule has 0 saturated carbocycles. The lowest BCUT2D eigenvalue weighted by atomic mass is 10.1. The zero-order chi connectivity index (χ0) is 13.9. The molecule has 0 radical (unpaired) electrons. The fourth-order valence-electron chi connectivity index (χ4n) is 2.55. The van der Waals surface area contributed by atoms with Gasteiger partial charge in [0.2, 0.25) is 0 Å². The van der Waals surface area contributed by atoms with Gasteiger partial charge in [0, 0.05) is 30.7 Å². The summed E-state index contributed by atoms with van der Waals surface area (Å²) in [4.78, 5) is 15.2. The summed E-state index contributed by atoms with van der Waals surface area (Å²) in [5.74, 6) is 0.415. The molecule has 20 heavy (non-hydrogen) atoms. The molecule has 1 fully saturated rings. The summed E-state index contributed by atoms with van der Waals surface area (Å²) in [6, 6.07) is 7.63. The Kier molecular flexibility index (Phi) is 3.94. The maximum absolute atomic E-state index is 12.2. The number of amides is 1. The van der Waals surface area contributed by atoms with Gasteiger partial charge in [-0.15, -0.1) is 0 Å². The molecule has 1 amide bonds. The highest BCUT2D eigenvalue weighted by Gasteiger charge is 2.18. The van der Waals surface area contributed by atoms with Crippen molar-refractivity contribution in [1.29, 1.82) is 0 Å². The number of hydrogen-bond donors (Lipinski definition) is 2. The lowest BCUT2D eigenvalue weighted by Crippen LogP contribution is -2.26. The maximum Gasteiger partial charge on any atom is 0.269 e. The highest BCUT2D eigenvalue weighted by atomic mass is 35.5. The second kappa shape index (κ2) is 5.85. The molecule has 106 valence electrons. The quantitative estimate of drug-likeness (QED) is 0.910. The second-order valence-corrected chi connectivity index (χ2v) is 5.51. The summed E-state index contributed by atoms with van der Waals surface area (Å²) in [5.41, 5.74) is 1.32. The molecule has 0 aliphatic carbocycles. The maximum atomic E-state index is 12.2. The van der Waals surface area contributed by atoms with E-state index in [1.54, 1.807) is 0 Å². The number of aromatic nitrogens is 1. The molecule has 5 heteroatoms. The SMILES string of the molecule is O=C(NCC[C@H]1CCOC1)c1[nH]c2ccccc2c1Cl. The number of rotatable bonds is 4. The first-order valence-electron chi connectivity index (χ1n) is 6.88. The van der Waals surface area contributed by atoms with Gasteiger partial charge in [0.15, 0.2) is 0 Å². The Hall–Kier alpha value is -1.52. The van der Waals surface area contributed by atoms with Gasteiger partial charge in [-0.1, -0.05) is 29.8 Å². The fourth-order valence-corrected chi connectivity index (χ4v) is 2.85. The smallest absolute Gasteiger partial charge is 0.269 e. The average molecular weight is 293 g/mol. The minimum atomic E-state index is -0.148. The van der Waals surface area contributed by atoms with Crippen LogP contribution in [0.25, 0.3) is 10.9 Å². The summed E-state index contributed by atoms with van der Waals surface area (Å²) in [5, 5.41) is 4.28. The third kappa shape index (κ3) is 2.67. The van der Waals surface area contributed by atoms with Crippen LogP contribution in [0.1, 0.15) is 23.3 Å². The summed E-state index contributed by atoms with van der Waals surface area (Å²) in [6.07, 6.45) is 2.03. The minimum Gasteiger partial charge on any atom is -0.381 e. The highest BCUT2D eigenvalue weighted by Crippen LogP contribution is 2.27. The number of aromatic amines is 1. The van der Waals surface area contributed by atoms with E-state index in [0.29, 0.717) is 23.2 Å². The van der Waals surface area contributed by atoms with Gasteiger partial charge >= 0.3 is 0 Å². The normalized spacial score (nSPS) is 18.6. The van der Waals surface area contributed by atoms with Gasteiger partial charge in [0.1, 0.15) is 5.69 Å². The molecule has 2 N–H and O–H groups in total. The number of nitrogens with one attached hydrogen (secondary N) is 2. The second-order valence-electron chi connectivity index (χ2n) is 5.13. The summed E-state index contributed by atoms with van der Waals surface area (Å²) in [7, 11) is 0. The van der Waals surface area contributed by atoms with Crippen LogP contribution in [0.4, 0.5) is 0 Å². The predicted octanol–water partition coefficient (Wildman–Crippen LogP) is 2.98. The third-order valence-corrected chi connectivity index (χ3v) is 4.12. The Bertz CT molecular complexity index is 617. The molecule has 0 bridgehead atoms. The van der Waals surface area contributed by atoms with Crippen LogP contribution in [0.3, 0.4) is 0 Å². The summed E-state index contributed by atoms with van der Waals surface area (Å²) in [6.45, 7) is 2.30. The van der Waals surface area contributed by atoms with Gasteiger partial charge in [-0.25, -0.2) is 0 Å². The van der Waals surface area contributed by atoms with Crippen molar-refractivity contribution in [1.82, 2.24) is 10.3 Å². The number of fused-ring (bicyclic) bond motifs is 1. The fraction of sp³-hybridized carbons (Fsp3) is 0.400. The van der Waals surface area contributed by atoms with Crippen LogP contribution in [0, 0.1) is 5.92 Å². The summed E-state index contributed by atoms with van der Waals surface area (Å²) >= 11 is 6.25.